The summed E-state index contributed by atoms with van der Waals surface area (Å²) in [5.74, 6) is -0.229. The molecular weight excluding hydrogens is 415 g/mol. The lowest BCUT2D eigenvalue weighted by molar-refractivity contribution is -0.121. The summed E-state index contributed by atoms with van der Waals surface area (Å²) in [5, 5.41) is 3.52. The van der Waals surface area contributed by atoms with Gasteiger partial charge >= 0.3 is 0 Å². The first-order valence-electron chi connectivity index (χ1n) is 11.0. The van der Waals surface area contributed by atoms with Gasteiger partial charge in [0.15, 0.2) is 0 Å². The molecule has 7 heteroatoms. The first-order valence-corrected chi connectivity index (χ1v) is 11.4. The Kier molecular flexibility index (Phi) is 7.10. The van der Waals surface area contributed by atoms with Crippen LogP contribution in [0.2, 0.25) is 5.02 Å². The van der Waals surface area contributed by atoms with E-state index in [0.29, 0.717) is 17.1 Å². The Balaban J connectivity index is 1.26. The highest BCUT2D eigenvalue weighted by atomic mass is 35.5. The zero-order valence-electron chi connectivity index (χ0n) is 18.0. The van der Waals surface area contributed by atoms with Crippen molar-refractivity contribution in [2.24, 2.45) is 5.92 Å². The zero-order valence-corrected chi connectivity index (χ0v) is 18.7. The highest BCUT2D eigenvalue weighted by Crippen LogP contribution is 2.26. The molecular formula is C24H30ClFN4O. The third kappa shape index (κ3) is 5.56. The van der Waals surface area contributed by atoms with E-state index < -0.39 is 0 Å². The van der Waals surface area contributed by atoms with E-state index in [-0.39, 0.29) is 17.6 Å². The van der Waals surface area contributed by atoms with Crippen LogP contribution in [0.25, 0.3) is 0 Å². The molecule has 4 rings (SSSR count). The second-order valence-corrected chi connectivity index (χ2v) is 8.98. The number of piperidine rings is 1. The number of nitrogens with zero attached hydrogens (tertiary/aromatic N) is 3. The van der Waals surface area contributed by atoms with Crippen LogP contribution in [0.5, 0.6) is 0 Å². The van der Waals surface area contributed by atoms with Crippen LogP contribution < -0.4 is 10.2 Å². The molecule has 0 spiro atoms. The van der Waals surface area contributed by atoms with Crippen molar-refractivity contribution in [1.82, 2.24) is 9.80 Å². The van der Waals surface area contributed by atoms with E-state index >= 15 is 0 Å². The van der Waals surface area contributed by atoms with Gasteiger partial charge in [-0.2, -0.15) is 0 Å². The minimum atomic E-state index is -0.271. The van der Waals surface area contributed by atoms with Crippen molar-refractivity contribution in [2.75, 3.05) is 56.5 Å². The van der Waals surface area contributed by atoms with E-state index in [4.69, 9.17) is 11.6 Å². The molecule has 2 saturated heterocycles. The normalized spacial score (nSPS) is 18.9. The highest BCUT2D eigenvalue weighted by Gasteiger charge is 2.26. The number of benzene rings is 2. The molecule has 5 nitrogen and oxygen atoms in total. The van der Waals surface area contributed by atoms with Gasteiger partial charge < -0.3 is 15.1 Å². The number of amides is 1. The van der Waals surface area contributed by atoms with Gasteiger partial charge in [0.25, 0.3) is 0 Å². The molecule has 2 aromatic rings. The van der Waals surface area contributed by atoms with Crippen molar-refractivity contribution in [2.45, 2.75) is 19.4 Å². The number of anilines is 2. The molecule has 0 radical (unpaired) electrons. The second-order valence-electron chi connectivity index (χ2n) is 8.58. The van der Waals surface area contributed by atoms with Crippen molar-refractivity contribution in [3.05, 3.63) is 58.9 Å². The second kappa shape index (κ2) is 9.98. The monoisotopic (exact) mass is 444 g/mol. The Bertz CT molecular complexity index is 871. The van der Waals surface area contributed by atoms with Crippen molar-refractivity contribution >= 4 is 28.9 Å². The maximum Gasteiger partial charge on any atom is 0.227 e. The molecule has 1 N–H and O–H groups in total. The van der Waals surface area contributed by atoms with Crippen molar-refractivity contribution in [1.29, 1.82) is 0 Å². The summed E-state index contributed by atoms with van der Waals surface area (Å²) < 4.78 is 14.0. The number of nitrogens with one attached hydrogen (secondary N) is 1. The molecule has 0 atom stereocenters. The van der Waals surface area contributed by atoms with Gasteiger partial charge in [0.1, 0.15) is 5.82 Å². The third-order valence-corrected chi connectivity index (χ3v) is 6.76. The molecule has 166 valence electrons. The summed E-state index contributed by atoms with van der Waals surface area (Å²) >= 11 is 6.15. The molecule has 2 heterocycles. The summed E-state index contributed by atoms with van der Waals surface area (Å²) in [6.45, 7) is 6.18. The minimum Gasteiger partial charge on any atom is -0.369 e. The Morgan fingerprint density at radius 1 is 1.03 bits per heavy atom. The lowest BCUT2D eigenvalue weighted by Crippen LogP contribution is -2.44. The van der Waals surface area contributed by atoms with Gasteiger partial charge in [0, 0.05) is 60.6 Å². The average Bonchev–Trinajstić information content (AvgIpc) is 2.78. The predicted molar refractivity (Wildman–Crippen MR) is 124 cm³/mol. The van der Waals surface area contributed by atoms with E-state index in [2.05, 4.69) is 39.2 Å². The predicted octanol–water partition coefficient (Wildman–Crippen LogP) is 4.08. The summed E-state index contributed by atoms with van der Waals surface area (Å²) in [6.07, 6.45) is 1.52. The number of hydrogen-bond donors (Lipinski definition) is 1. The number of hydrogen-bond acceptors (Lipinski definition) is 4. The third-order valence-electron chi connectivity index (χ3n) is 6.41. The molecule has 2 aromatic carbocycles. The van der Waals surface area contributed by atoms with Gasteiger partial charge in [0.2, 0.25) is 5.91 Å². The van der Waals surface area contributed by atoms with E-state index in [1.165, 1.54) is 11.8 Å². The topological polar surface area (TPSA) is 38.8 Å². The Morgan fingerprint density at radius 2 is 1.71 bits per heavy atom. The van der Waals surface area contributed by atoms with Crippen molar-refractivity contribution in [3.63, 3.8) is 0 Å². The highest BCUT2D eigenvalue weighted by molar-refractivity contribution is 6.31. The number of likely N-dealkylation sites (tertiary alicyclic amines) is 1. The fourth-order valence-corrected chi connectivity index (χ4v) is 4.55. The summed E-state index contributed by atoms with van der Waals surface area (Å²) in [4.78, 5) is 19.6. The van der Waals surface area contributed by atoms with Crippen LogP contribution in [0, 0.1) is 11.7 Å². The van der Waals surface area contributed by atoms with Crippen LogP contribution in [-0.2, 0) is 11.3 Å². The Labute approximate surface area is 188 Å². The van der Waals surface area contributed by atoms with Gasteiger partial charge in [-0.15, -0.1) is 0 Å². The Morgan fingerprint density at radius 3 is 2.35 bits per heavy atom. The average molecular weight is 445 g/mol. The summed E-state index contributed by atoms with van der Waals surface area (Å²) in [7, 11) is 2.15. The molecule has 2 fully saturated rings. The van der Waals surface area contributed by atoms with E-state index in [9.17, 15) is 9.18 Å². The summed E-state index contributed by atoms with van der Waals surface area (Å²) in [6, 6.07) is 12.9. The van der Waals surface area contributed by atoms with E-state index in [0.717, 1.165) is 57.8 Å². The maximum absolute atomic E-state index is 14.0. The molecule has 31 heavy (non-hydrogen) atoms. The number of piperazine rings is 1. The van der Waals surface area contributed by atoms with Crippen LogP contribution in [0.3, 0.4) is 0 Å². The van der Waals surface area contributed by atoms with Crippen molar-refractivity contribution in [3.8, 4) is 0 Å². The lowest BCUT2D eigenvalue weighted by Gasteiger charge is -2.34. The SMILES string of the molecule is CN1CCN(c2ccc(NC(=O)C3CCN(Cc4c(F)cccc4Cl)CC3)cc2)CC1. The quantitative estimate of drug-likeness (QED) is 0.754. The minimum absolute atomic E-state index is 0.0235. The number of carbonyl (C=O) groups excluding carboxylic acids is 1. The van der Waals surface area contributed by atoms with Gasteiger partial charge in [-0.25, -0.2) is 4.39 Å². The first-order chi connectivity index (χ1) is 15.0. The molecule has 2 aliphatic rings. The van der Waals surface area contributed by atoms with Crippen LogP contribution in [0.1, 0.15) is 18.4 Å². The smallest absolute Gasteiger partial charge is 0.227 e. The first kappa shape index (κ1) is 22.1. The number of rotatable bonds is 5. The molecule has 0 aromatic heterocycles. The lowest BCUT2D eigenvalue weighted by atomic mass is 9.95. The van der Waals surface area contributed by atoms with Gasteiger partial charge in [0.05, 0.1) is 0 Å². The van der Waals surface area contributed by atoms with E-state index in [1.807, 2.05) is 12.1 Å². The number of carbonyl (C=O) groups is 1. The van der Waals surface area contributed by atoms with Gasteiger partial charge in [-0.3, -0.25) is 9.69 Å². The summed E-state index contributed by atoms with van der Waals surface area (Å²) in [5.41, 5.74) is 2.57. The molecule has 0 saturated carbocycles. The standard InChI is InChI=1S/C24H30ClFN4O/c1-28-13-15-30(16-14-28)20-7-5-19(6-8-20)27-24(31)18-9-11-29(12-10-18)17-21-22(25)3-2-4-23(21)26/h2-8,18H,9-17H2,1H3,(H,27,31). The van der Waals surface area contributed by atoms with Gasteiger partial charge in [-0.1, -0.05) is 17.7 Å². The maximum atomic E-state index is 14.0. The van der Waals surface area contributed by atoms with Crippen LogP contribution >= 0.6 is 11.6 Å². The zero-order chi connectivity index (χ0) is 21.8. The number of halogens is 2. The van der Waals surface area contributed by atoms with Crippen LogP contribution in [0.4, 0.5) is 15.8 Å². The molecule has 0 aliphatic carbocycles. The fourth-order valence-electron chi connectivity index (χ4n) is 4.32. The van der Waals surface area contributed by atoms with Gasteiger partial charge in [-0.05, 0) is 69.4 Å². The fraction of sp³-hybridized carbons (Fsp3) is 0.458. The number of likely N-dealkylation sites (N-methyl/N-ethyl adjacent to an activating group) is 1. The molecule has 1 amide bonds. The Hall–Kier alpha value is -2.15. The van der Waals surface area contributed by atoms with E-state index in [1.54, 1.807) is 12.1 Å². The van der Waals surface area contributed by atoms with Crippen LogP contribution in [-0.4, -0.2) is 62.0 Å². The molecule has 0 unspecified atom stereocenters. The van der Waals surface area contributed by atoms with Crippen LogP contribution in [0.15, 0.2) is 42.5 Å². The molecule has 0 bridgehead atoms. The van der Waals surface area contributed by atoms with Crippen molar-refractivity contribution < 1.29 is 9.18 Å². The molecule has 2 aliphatic heterocycles. The largest absolute Gasteiger partial charge is 0.369 e.